The van der Waals surface area contributed by atoms with Gasteiger partial charge in [-0.05, 0) is 42.5 Å². The van der Waals surface area contributed by atoms with E-state index >= 15 is 0 Å². The van der Waals surface area contributed by atoms with Gasteiger partial charge >= 0.3 is 5.69 Å². The SMILES string of the molecule is Cc1ccc(CC2CN(Cc3ccc4[nH]c(=O)[nH]c4c3)C2)cc1. The molecule has 2 N–H and O–H groups in total. The minimum Gasteiger partial charge on any atom is -0.306 e. The van der Waals surface area contributed by atoms with Crippen molar-refractivity contribution >= 4 is 11.0 Å². The van der Waals surface area contributed by atoms with Crippen LogP contribution in [0.15, 0.2) is 47.3 Å². The van der Waals surface area contributed by atoms with Crippen molar-refractivity contribution in [3.8, 4) is 0 Å². The first-order chi connectivity index (χ1) is 11.2. The van der Waals surface area contributed by atoms with Crippen LogP contribution in [0, 0.1) is 12.8 Å². The van der Waals surface area contributed by atoms with Crippen molar-refractivity contribution in [1.82, 2.24) is 14.9 Å². The third-order valence-electron chi connectivity index (χ3n) is 4.66. The lowest BCUT2D eigenvalue weighted by molar-refractivity contribution is 0.0926. The fraction of sp³-hybridized carbons (Fsp3) is 0.316. The Bertz CT molecular complexity index is 870. The largest absolute Gasteiger partial charge is 0.323 e. The second kappa shape index (κ2) is 5.70. The summed E-state index contributed by atoms with van der Waals surface area (Å²) in [7, 11) is 0. The Balaban J connectivity index is 1.34. The summed E-state index contributed by atoms with van der Waals surface area (Å²) in [5.74, 6) is 0.758. The molecule has 4 rings (SSSR count). The minimum absolute atomic E-state index is 0.140. The Morgan fingerprint density at radius 2 is 1.70 bits per heavy atom. The van der Waals surface area contributed by atoms with Gasteiger partial charge in [0, 0.05) is 19.6 Å². The number of nitrogens with one attached hydrogen (secondary N) is 2. The number of aryl methyl sites for hydroxylation is 1. The number of nitrogens with zero attached hydrogens (tertiary/aromatic N) is 1. The number of rotatable bonds is 4. The molecule has 0 radical (unpaired) electrons. The van der Waals surface area contributed by atoms with E-state index in [0.717, 1.165) is 36.6 Å². The number of likely N-dealkylation sites (tertiary alicyclic amines) is 1. The Morgan fingerprint density at radius 3 is 2.48 bits per heavy atom. The molecule has 0 bridgehead atoms. The van der Waals surface area contributed by atoms with Gasteiger partial charge in [-0.3, -0.25) is 4.90 Å². The third-order valence-corrected chi connectivity index (χ3v) is 4.66. The van der Waals surface area contributed by atoms with Crippen molar-refractivity contribution in [3.63, 3.8) is 0 Å². The normalized spacial score (nSPS) is 15.9. The molecule has 1 saturated heterocycles. The molecule has 0 spiro atoms. The van der Waals surface area contributed by atoms with Crippen LogP contribution in [0.2, 0.25) is 0 Å². The zero-order valence-electron chi connectivity index (χ0n) is 13.3. The standard InChI is InChI=1S/C19H21N3O/c1-13-2-4-14(5-3-13)8-16-11-22(12-16)10-15-6-7-17-18(9-15)21-19(23)20-17/h2-7,9,16H,8,10-12H2,1H3,(H2,20,21,23). The summed E-state index contributed by atoms with van der Waals surface area (Å²) in [5, 5.41) is 0. The topological polar surface area (TPSA) is 51.9 Å². The number of fused-ring (bicyclic) bond motifs is 1. The van der Waals surface area contributed by atoms with E-state index in [1.165, 1.54) is 23.1 Å². The van der Waals surface area contributed by atoms with E-state index < -0.39 is 0 Å². The number of aromatic amines is 2. The molecule has 2 aromatic carbocycles. The molecule has 0 atom stereocenters. The van der Waals surface area contributed by atoms with Crippen LogP contribution in [0.5, 0.6) is 0 Å². The lowest BCUT2D eigenvalue weighted by atomic mass is 9.91. The molecule has 0 aliphatic carbocycles. The summed E-state index contributed by atoms with van der Waals surface area (Å²) in [5.41, 5.74) is 5.64. The van der Waals surface area contributed by atoms with Gasteiger partial charge in [-0.15, -0.1) is 0 Å². The highest BCUT2D eigenvalue weighted by molar-refractivity contribution is 5.74. The molecule has 0 saturated carbocycles. The molecule has 23 heavy (non-hydrogen) atoms. The average Bonchev–Trinajstić information content (AvgIpc) is 2.86. The first-order valence-corrected chi connectivity index (χ1v) is 8.14. The smallest absolute Gasteiger partial charge is 0.306 e. The number of benzene rings is 2. The molecular weight excluding hydrogens is 286 g/mol. The maximum absolute atomic E-state index is 11.3. The van der Waals surface area contributed by atoms with Gasteiger partial charge in [-0.1, -0.05) is 35.9 Å². The predicted octanol–water partition coefficient (Wildman–Crippen LogP) is 2.84. The molecule has 1 aromatic heterocycles. The van der Waals surface area contributed by atoms with Crippen LogP contribution in [0.25, 0.3) is 11.0 Å². The van der Waals surface area contributed by atoms with E-state index in [-0.39, 0.29) is 5.69 Å². The number of hydrogen-bond donors (Lipinski definition) is 2. The fourth-order valence-electron chi connectivity index (χ4n) is 3.43. The number of hydrogen-bond acceptors (Lipinski definition) is 2. The first-order valence-electron chi connectivity index (χ1n) is 8.14. The van der Waals surface area contributed by atoms with Gasteiger partial charge in [0.2, 0.25) is 0 Å². The minimum atomic E-state index is -0.140. The Hall–Kier alpha value is -2.33. The van der Waals surface area contributed by atoms with Crippen LogP contribution in [-0.2, 0) is 13.0 Å². The van der Waals surface area contributed by atoms with Gasteiger partial charge in [-0.2, -0.15) is 0 Å². The molecular formula is C19H21N3O. The second-order valence-corrected chi connectivity index (χ2v) is 6.71. The molecule has 1 aliphatic heterocycles. The highest BCUT2D eigenvalue weighted by Crippen LogP contribution is 2.23. The summed E-state index contributed by atoms with van der Waals surface area (Å²) >= 11 is 0. The van der Waals surface area contributed by atoms with Crippen LogP contribution < -0.4 is 5.69 Å². The zero-order valence-corrected chi connectivity index (χ0v) is 13.3. The van der Waals surface area contributed by atoms with E-state index in [4.69, 9.17) is 0 Å². The van der Waals surface area contributed by atoms with Crippen LogP contribution in [0.3, 0.4) is 0 Å². The maximum Gasteiger partial charge on any atom is 0.323 e. The lowest BCUT2D eigenvalue weighted by Gasteiger charge is -2.39. The zero-order chi connectivity index (χ0) is 15.8. The number of aromatic nitrogens is 2. The first kappa shape index (κ1) is 14.3. The van der Waals surface area contributed by atoms with Crippen molar-refractivity contribution in [2.45, 2.75) is 19.9 Å². The molecule has 118 valence electrons. The van der Waals surface area contributed by atoms with Gasteiger partial charge in [0.15, 0.2) is 0 Å². The van der Waals surface area contributed by atoms with Gasteiger partial charge in [0.1, 0.15) is 0 Å². The highest BCUT2D eigenvalue weighted by atomic mass is 16.1. The van der Waals surface area contributed by atoms with E-state index in [9.17, 15) is 4.79 Å². The van der Waals surface area contributed by atoms with Gasteiger partial charge < -0.3 is 9.97 Å². The molecule has 3 aromatic rings. The molecule has 4 heteroatoms. The number of imidazole rings is 1. The summed E-state index contributed by atoms with van der Waals surface area (Å²) in [6.45, 7) is 5.38. The van der Waals surface area contributed by atoms with Crippen molar-refractivity contribution in [2.75, 3.05) is 13.1 Å². The quantitative estimate of drug-likeness (QED) is 0.779. The predicted molar refractivity (Wildman–Crippen MR) is 92.6 cm³/mol. The second-order valence-electron chi connectivity index (χ2n) is 6.71. The van der Waals surface area contributed by atoms with E-state index in [1.54, 1.807) is 0 Å². The molecule has 0 unspecified atom stereocenters. The summed E-state index contributed by atoms with van der Waals surface area (Å²) in [4.78, 5) is 19.4. The molecule has 1 fully saturated rings. The van der Waals surface area contributed by atoms with Crippen molar-refractivity contribution in [1.29, 1.82) is 0 Å². The highest BCUT2D eigenvalue weighted by Gasteiger charge is 2.26. The maximum atomic E-state index is 11.3. The van der Waals surface area contributed by atoms with E-state index in [2.05, 4.69) is 58.2 Å². The summed E-state index contributed by atoms with van der Waals surface area (Å²) in [6.07, 6.45) is 1.17. The van der Waals surface area contributed by atoms with Crippen LogP contribution in [0.4, 0.5) is 0 Å². The van der Waals surface area contributed by atoms with Crippen molar-refractivity contribution in [3.05, 3.63) is 69.6 Å². The third kappa shape index (κ3) is 3.08. The van der Waals surface area contributed by atoms with E-state index in [0.29, 0.717) is 0 Å². The van der Waals surface area contributed by atoms with Gasteiger partial charge in [0.25, 0.3) is 0 Å². The molecule has 0 amide bonds. The van der Waals surface area contributed by atoms with Crippen LogP contribution >= 0.6 is 0 Å². The van der Waals surface area contributed by atoms with Crippen molar-refractivity contribution < 1.29 is 0 Å². The Labute approximate surface area is 135 Å². The van der Waals surface area contributed by atoms with E-state index in [1.807, 2.05) is 6.07 Å². The fourth-order valence-corrected chi connectivity index (χ4v) is 3.43. The van der Waals surface area contributed by atoms with Gasteiger partial charge in [0.05, 0.1) is 11.0 Å². The van der Waals surface area contributed by atoms with Crippen molar-refractivity contribution in [2.24, 2.45) is 5.92 Å². The molecule has 1 aliphatic rings. The summed E-state index contributed by atoms with van der Waals surface area (Å²) in [6, 6.07) is 15.0. The number of H-pyrrole nitrogens is 2. The average molecular weight is 307 g/mol. The summed E-state index contributed by atoms with van der Waals surface area (Å²) < 4.78 is 0. The van der Waals surface area contributed by atoms with Crippen LogP contribution in [-0.4, -0.2) is 28.0 Å². The monoisotopic (exact) mass is 307 g/mol. The Morgan fingerprint density at radius 1 is 1.00 bits per heavy atom. The Kier molecular flexibility index (Phi) is 3.54. The van der Waals surface area contributed by atoms with Crippen LogP contribution in [0.1, 0.15) is 16.7 Å². The molecule has 2 heterocycles. The lowest BCUT2D eigenvalue weighted by Crippen LogP contribution is -2.46. The molecule has 4 nitrogen and oxygen atoms in total. The van der Waals surface area contributed by atoms with Gasteiger partial charge in [-0.25, -0.2) is 4.79 Å².